The molecule has 1 unspecified atom stereocenters. The van der Waals surface area contributed by atoms with E-state index in [9.17, 15) is 14.7 Å². The van der Waals surface area contributed by atoms with Crippen molar-refractivity contribution in [3.63, 3.8) is 0 Å². The van der Waals surface area contributed by atoms with Gasteiger partial charge in [-0.15, -0.1) is 0 Å². The fraction of sp³-hybridized carbons (Fsp3) is 0.107. The van der Waals surface area contributed by atoms with E-state index >= 15 is 0 Å². The topological polar surface area (TPSA) is 70.5 Å². The number of thiazole rings is 1. The van der Waals surface area contributed by atoms with Gasteiger partial charge in [0.05, 0.1) is 21.8 Å². The Labute approximate surface area is 211 Å². The summed E-state index contributed by atoms with van der Waals surface area (Å²) in [4.78, 5) is 32.8. The molecule has 0 aliphatic carbocycles. The van der Waals surface area contributed by atoms with Gasteiger partial charge < -0.3 is 5.11 Å². The minimum atomic E-state index is -0.838. The summed E-state index contributed by atoms with van der Waals surface area (Å²) in [5, 5.41) is 11.8. The van der Waals surface area contributed by atoms with E-state index in [1.807, 2.05) is 56.3 Å². The maximum absolute atomic E-state index is 13.4. The van der Waals surface area contributed by atoms with Crippen molar-refractivity contribution in [2.45, 2.75) is 19.9 Å². The fourth-order valence-electron chi connectivity index (χ4n) is 4.30. The Bertz CT molecular complexity index is 1520. The zero-order valence-corrected chi connectivity index (χ0v) is 20.6. The number of aliphatic hydroxyl groups is 1. The number of aliphatic hydroxyl groups excluding tert-OH is 1. The molecule has 1 aliphatic rings. The minimum absolute atomic E-state index is 0.0108. The minimum Gasteiger partial charge on any atom is -0.503 e. The van der Waals surface area contributed by atoms with Gasteiger partial charge in [0.25, 0.3) is 5.91 Å². The Morgan fingerprint density at radius 2 is 1.80 bits per heavy atom. The molecule has 0 saturated heterocycles. The lowest BCUT2D eigenvalue weighted by Crippen LogP contribution is -2.30. The number of allylic oxidation sites excluding steroid dienone is 1. The number of rotatable bonds is 5. The van der Waals surface area contributed by atoms with E-state index in [2.05, 4.69) is 0 Å². The number of hydrogen-bond donors (Lipinski definition) is 1. The number of ketones is 1. The zero-order valence-electron chi connectivity index (χ0n) is 19.0. The predicted octanol–water partition coefficient (Wildman–Crippen LogP) is 6.75. The molecule has 5 rings (SSSR count). The highest BCUT2D eigenvalue weighted by atomic mass is 35.5. The number of fused-ring (bicyclic) bond motifs is 1. The van der Waals surface area contributed by atoms with Crippen molar-refractivity contribution in [3.05, 3.63) is 111 Å². The van der Waals surface area contributed by atoms with Crippen molar-refractivity contribution in [2.75, 3.05) is 4.90 Å². The number of carbonyl (C=O) groups excluding carboxylic acids is 2. The molecule has 0 bridgehead atoms. The molecule has 5 nitrogen and oxygen atoms in total. The number of amides is 1. The first-order valence-electron chi connectivity index (χ1n) is 11.0. The summed E-state index contributed by atoms with van der Waals surface area (Å²) < 4.78 is 0.934. The largest absolute Gasteiger partial charge is 0.503 e. The van der Waals surface area contributed by atoms with Gasteiger partial charge in [0.1, 0.15) is 0 Å². The van der Waals surface area contributed by atoms with Crippen LogP contribution in [-0.4, -0.2) is 21.8 Å². The third kappa shape index (κ3) is 4.27. The summed E-state index contributed by atoms with van der Waals surface area (Å²) in [5.74, 6) is -1.68. The summed E-state index contributed by atoms with van der Waals surface area (Å²) >= 11 is 7.46. The molecule has 35 heavy (non-hydrogen) atoms. The van der Waals surface area contributed by atoms with Crippen LogP contribution in [0.5, 0.6) is 0 Å². The average molecular weight is 501 g/mol. The summed E-state index contributed by atoms with van der Waals surface area (Å²) in [6, 6.07) is 19.5. The summed E-state index contributed by atoms with van der Waals surface area (Å²) in [7, 11) is 0. The van der Waals surface area contributed by atoms with E-state index in [1.165, 1.54) is 22.3 Å². The maximum Gasteiger partial charge on any atom is 0.296 e. The second-order valence-electron chi connectivity index (χ2n) is 8.42. The van der Waals surface area contributed by atoms with Crippen molar-refractivity contribution in [1.82, 2.24) is 4.98 Å². The van der Waals surface area contributed by atoms with E-state index in [0.717, 1.165) is 26.9 Å². The van der Waals surface area contributed by atoms with Crippen LogP contribution in [0.15, 0.2) is 84.1 Å². The molecule has 1 N–H and O–H groups in total. The first-order chi connectivity index (χ1) is 16.8. The van der Waals surface area contributed by atoms with Crippen LogP contribution in [0.25, 0.3) is 16.3 Å². The van der Waals surface area contributed by atoms with Crippen molar-refractivity contribution >= 4 is 56.1 Å². The van der Waals surface area contributed by atoms with Crippen LogP contribution in [0.3, 0.4) is 0 Å². The molecule has 2 heterocycles. The number of hydrogen-bond acceptors (Lipinski definition) is 5. The van der Waals surface area contributed by atoms with Crippen molar-refractivity contribution in [1.29, 1.82) is 0 Å². The molecule has 4 aromatic rings. The summed E-state index contributed by atoms with van der Waals surface area (Å²) in [6.45, 7) is 3.98. The van der Waals surface area contributed by atoms with Gasteiger partial charge in [0.2, 0.25) is 0 Å². The number of aromatic nitrogens is 1. The van der Waals surface area contributed by atoms with E-state index in [4.69, 9.17) is 16.6 Å². The lowest BCUT2D eigenvalue weighted by Gasteiger charge is -2.24. The highest BCUT2D eigenvalue weighted by Crippen LogP contribution is 2.44. The third-order valence-corrected chi connectivity index (χ3v) is 7.16. The highest BCUT2D eigenvalue weighted by Gasteiger charge is 2.45. The molecule has 7 heteroatoms. The first kappa shape index (κ1) is 23.0. The van der Waals surface area contributed by atoms with Gasteiger partial charge in [-0.1, -0.05) is 77.5 Å². The molecule has 1 aliphatic heterocycles. The number of carbonyl (C=O) groups is 2. The van der Waals surface area contributed by atoms with Crippen molar-refractivity contribution in [2.24, 2.45) is 0 Å². The second-order valence-corrected chi connectivity index (χ2v) is 9.87. The lowest BCUT2D eigenvalue weighted by molar-refractivity contribution is -0.117. The highest BCUT2D eigenvalue weighted by molar-refractivity contribution is 7.22. The normalized spacial score (nSPS) is 16.1. The molecule has 0 saturated carbocycles. The maximum atomic E-state index is 13.4. The smallest absolute Gasteiger partial charge is 0.296 e. The molecule has 174 valence electrons. The number of aryl methyl sites for hydroxylation is 2. The van der Waals surface area contributed by atoms with Gasteiger partial charge >= 0.3 is 0 Å². The lowest BCUT2D eigenvalue weighted by atomic mass is 9.96. The van der Waals surface area contributed by atoms with Crippen LogP contribution in [-0.2, 0) is 9.59 Å². The standard InChI is InChI=1S/C28H21ClN2O3S/c1-16-14-17(2)24-22(15-16)35-28(30-24)31-25(19-9-11-20(29)12-10-19)23(26(33)27(31)34)21(32)13-8-18-6-4-3-5-7-18/h3-15,25,33H,1-2H3. The van der Waals surface area contributed by atoms with Gasteiger partial charge in [0, 0.05) is 5.02 Å². The SMILES string of the molecule is Cc1cc(C)c2nc(N3C(=O)C(O)=C(C(=O)C=Cc4ccccc4)C3c3ccc(Cl)cc3)sc2c1. The van der Waals surface area contributed by atoms with Crippen LogP contribution in [0.1, 0.15) is 28.3 Å². The van der Waals surface area contributed by atoms with Gasteiger partial charge in [-0.3, -0.25) is 14.5 Å². The number of benzene rings is 3. The number of halogens is 1. The van der Waals surface area contributed by atoms with Crippen LogP contribution in [0, 0.1) is 13.8 Å². The van der Waals surface area contributed by atoms with Gasteiger partial charge in [-0.2, -0.15) is 0 Å². The third-order valence-electron chi connectivity index (χ3n) is 5.91. The van der Waals surface area contributed by atoms with E-state index in [-0.39, 0.29) is 5.57 Å². The zero-order chi connectivity index (χ0) is 24.7. The molecular weight excluding hydrogens is 480 g/mol. The molecule has 0 fully saturated rings. The van der Waals surface area contributed by atoms with E-state index in [1.54, 1.807) is 30.3 Å². The molecule has 0 radical (unpaired) electrons. The van der Waals surface area contributed by atoms with Gasteiger partial charge in [0.15, 0.2) is 16.7 Å². The molecule has 1 atom stereocenters. The Morgan fingerprint density at radius 1 is 1.09 bits per heavy atom. The number of nitrogens with zero attached hydrogens (tertiary/aromatic N) is 2. The van der Waals surface area contributed by atoms with Crippen LogP contribution in [0.4, 0.5) is 5.13 Å². The molecule has 1 amide bonds. The second kappa shape index (κ2) is 9.13. The Morgan fingerprint density at radius 3 is 2.51 bits per heavy atom. The predicted molar refractivity (Wildman–Crippen MR) is 141 cm³/mol. The van der Waals surface area contributed by atoms with Crippen molar-refractivity contribution in [3.8, 4) is 0 Å². The first-order valence-corrected chi connectivity index (χ1v) is 12.2. The fourth-order valence-corrected chi connectivity index (χ4v) is 5.60. The van der Waals surface area contributed by atoms with E-state index in [0.29, 0.717) is 15.7 Å². The monoisotopic (exact) mass is 500 g/mol. The molecule has 1 aromatic heterocycles. The number of anilines is 1. The van der Waals surface area contributed by atoms with E-state index < -0.39 is 23.5 Å². The Hall–Kier alpha value is -3.74. The molecule has 0 spiro atoms. The van der Waals surface area contributed by atoms with Crippen molar-refractivity contribution < 1.29 is 14.7 Å². The molecular formula is C28H21ClN2O3S. The van der Waals surface area contributed by atoms with Gasteiger partial charge in [-0.25, -0.2) is 4.98 Å². The average Bonchev–Trinajstić information content (AvgIpc) is 3.37. The summed E-state index contributed by atoms with van der Waals surface area (Å²) in [5.41, 5.74) is 4.38. The Kier molecular flexibility index (Phi) is 6.01. The summed E-state index contributed by atoms with van der Waals surface area (Å²) in [6.07, 6.45) is 3.05. The van der Waals surface area contributed by atoms with Crippen LogP contribution in [0.2, 0.25) is 5.02 Å². The quantitative estimate of drug-likeness (QED) is 0.308. The van der Waals surface area contributed by atoms with Crippen LogP contribution >= 0.6 is 22.9 Å². The molecule has 3 aromatic carbocycles. The Balaban J connectivity index is 1.62. The van der Waals surface area contributed by atoms with Crippen LogP contribution < -0.4 is 4.90 Å². The van der Waals surface area contributed by atoms with Gasteiger partial charge in [-0.05, 0) is 60.4 Å².